The second kappa shape index (κ2) is 7.65. The van der Waals surface area contributed by atoms with Gasteiger partial charge in [0.05, 0.1) is 30.1 Å². The second-order valence-corrected chi connectivity index (χ2v) is 7.81. The Kier molecular flexibility index (Phi) is 6.40. The van der Waals surface area contributed by atoms with Crippen LogP contribution < -0.4 is 14.8 Å². The number of amides is 1. The van der Waals surface area contributed by atoms with E-state index in [1.807, 2.05) is 0 Å². The van der Waals surface area contributed by atoms with Gasteiger partial charge in [-0.1, -0.05) is 13.0 Å². The first-order chi connectivity index (χ1) is 10.5. The summed E-state index contributed by atoms with van der Waals surface area (Å²) >= 11 is 0. The van der Waals surface area contributed by atoms with Crippen molar-refractivity contribution in [1.29, 1.82) is 0 Å². The lowest BCUT2D eigenvalue weighted by Gasteiger charge is -2.20. The van der Waals surface area contributed by atoms with Crippen LogP contribution >= 0.6 is 0 Å². The van der Waals surface area contributed by atoms with Gasteiger partial charge in [-0.2, -0.15) is 0 Å². The van der Waals surface area contributed by atoms with E-state index in [-0.39, 0.29) is 12.3 Å². The number of sulfonamides is 1. The van der Waals surface area contributed by atoms with Gasteiger partial charge in [0.1, 0.15) is 5.75 Å². The highest BCUT2D eigenvalue weighted by molar-refractivity contribution is 7.92. The van der Waals surface area contributed by atoms with Crippen LogP contribution in [0.15, 0.2) is 24.3 Å². The molecule has 0 spiro atoms. The number of rotatable bonds is 8. The van der Waals surface area contributed by atoms with Crippen molar-refractivity contribution in [3.05, 3.63) is 24.3 Å². The van der Waals surface area contributed by atoms with Crippen molar-refractivity contribution >= 4 is 21.6 Å². The third-order valence-corrected chi connectivity index (χ3v) is 4.44. The molecule has 1 atom stereocenters. The largest absolute Gasteiger partial charge is 0.497 e. The molecule has 1 amide bonds. The lowest BCUT2D eigenvalue weighted by molar-refractivity contribution is -0.124. The summed E-state index contributed by atoms with van der Waals surface area (Å²) in [6.07, 6.45) is 0. The van der Waals surface area contributed by atoms with Gasteiger partial charge >= 0.3 is 0 Å². The Morgan fingerprint density at radius 2 is 2.04 bits per heavy atom. The maximum Gasteiger partial charge on any atom is 0.233 e. The van der Waals surface area contributed by atoms with Crippen molar-refractivity contribution in [3.63, 3.8) is 0 Å². The molecule has 0 aliphatic rings. The maximum atomic E-state index is 12.1. The topological polar surface area (TPSA) is 105 Å². The zero-order valence-electron chi connectivity index (χ0n) is 13.8. The lowest BCUT2D eigenvalue weighted by Crippen LogP contribution is -2.42. The molecule has 0 aliphatic carbocycles. The van der Waals surface area contributed by atoms with Crippen LogP contribution in [0, 0.1) is 5.92 Å². The van der Waals surface area contributed by atoms with Crippen LogP contribution in [-0.4, -0.2) is 44.4 Å². The van der Waals surface area contributed by atoms with Crippen LogP contribution in [0.1, 0.15) is 20.8 Å². The number of anilines is 1. The van der Waals surface area contributed by atoms with E-state index in [4.69, 9.17) is 4.74 Å². The lowest BCUT2D eigenvalue weighted by atomic mass is 10.1. The maximum absolute atomic E-state index is 12.1. The number of nitrogens with one attached hydrogen (secondary N) is 2. The third-order valence-electron chi connectivity index (χ3n) is 2.96. The average molecular weight is 344 g/mol. The number of benzene rings is 1. The Morgan fingerprint density at radius 1 is 1.39 bits per heavy atom. The Balaban J connectivity index is 2.64. The summed E-state index contributed by atoms with van der Waals surface area (Å²) in [5.74, 6) is -1.01. The van der Waals surface area contributed by atoms with Crippen molar-refractivity contribution in [3.8, 4) is 5.75 Å². The smallest absolute Gasteiger partial charge is 0.233 e. The summed E-state index contributed by atoms with van der Waals surface area (Å²) < 4.78 is 31.7. The van der Waals surface area contributed by atoms with Gasteiger partial charge < -0.3 is 15.2 Å². The molecule has 1 aromatic rings. The first kappa shape index (κ1) is 19.2. The van der Waals surface area contributed by atoms with Gasteiger partial charge in [-0.15, -0.1) is 0 Å². The van der Waals surface area contributed by atoms with Crippen LogP contribution in [0.3, 0.4) is 0 Å². The van der Waals surface area contributed by atoms with Crippen LogP contribution in [0.2, 0.25) is 0 Å². The molecule has 0 heterocycles. The predicted octanol–water partition coefficient (Wildman–Crippen LogP) is 0.960. The van der Waals surface area contributed by atoms with Crippen LogP contribution in [0.25, 0.3) is 0 Å². The summed E-state index contributed by atoms with van der Waals surface area (Å²) in [5.41, 5.74) is -0.680. The van der Waals surface area contributed by atoms with Crippen molar-refractivity contribution in [2.45, 2.75) is 26.4 Å². The minimum Gasteiger partial charge on any atom is -0.497 e. The van der Waals surface area contributed by atoms with E-state index in [0.29, 0.717) is 11.4 Å². The molecule has 1 aromatic carbocycles. The van der Waals surface area contributed by atoms with Gasteiger partial charge in [-0.25, -0.2) is 8.42 Å². The quantitative estimate of drug-likeness (QED) is 0.651. The number of aliphatic hydroxyl groups is 1. The monoisotopic (exact) mass is 344 g/mol. The molecule has 7 nitrogen and oxygen atoms in total. The van der Waals surface area contributed by atoms with Crippen LogP contribution in [0.5, 0.6) is 5.75 Å². The highest BCUT2D eigenvalue weighted by atomic mass is 32.2. The fourth-order valence-electron chi connectivity index (χ4n) is 1.79. The SMILES string of the molecule is COc1cccc(NS(=O)(=O)CC(C)C(=O)NCC(C)(C)O)c1. The molecule has 0 aromatic heterocycles. The van der Waals surface area contributed by atoms with E-state index in [9.17, 15) is 18.3 Å². The van der Waals surface area contributed by atoms with Crippen LogP contribution in [0.4, 0.5) is 5.69 Å². The fourth-order valence-corrected chi connectivity index (χ4v) is 3.17. The second-order valence-electron chi connectivity index (χ2n) is 6.05. The van der Waals surface area contributed by atoms with Crippen molar-refractivity contribution in [2.24, 2.45) is 5.92 Å². The molecular weight excluding hydrogens is 320 g/mol. The van der Waals surface area contributed by atoms with Gasteiger partial charge in [-0.05, 0) is 26.0 Å². The van der Waals surface area contributed by atoms with Crippen molar-refractivity contribution in [1.82, 2.24) is 5.32 Å². The molecule has 0 fully saturated rings. The van der Waals surface area contributed by atoms with E-state index in [2.05, 4.69) is 10.0 Å². The van der Waals surface area contributed by atoms with E-state index < -0.39 is 27.4 Å². The Labute approximate surface area is 137 Å². The highest BCUT2D eigenvalue weighted by Crippen LogP contribution is 2.18. The summed E-state index contributed by atoms with van der Waals surface area (Å²) in [7, 11) is -2.20. The van der Waals surface area contributed by atoms with Gasteiger partial charge in [0.25, 0.3) is 0 Å². The Hall–Kier alpha value is -1.80. The summed E-state index contributed by atoms with van der Waals surface area (Å²) in [6.45, 7) is 4.68. The summed E-state index contributed by atoms with van der Waals surface area (Å²) in [5, 5.41) is 12.1. The van der Waals surface area contributed by atoms with Gasteiger partial charge in [0.2, 0.25) is 15.9 Å². The van der Waals surface area contributed by atoms with Gasteiger partial charge in [0.15, 0.2) is 0 Å². The average Bonchev–Trinajstić information content (AvgIpc) is 2.42. The zero-order valence-corrected chi connectivity index (χ0v) is 14.6. The Bertz CT molecular complexity index is 638. The molecule has 0 aliphatic heterocycles. The molecule has 0 saturated heterocycles. The van der Waals surface area contributed by atoms with E-state index in [1.165, 1.54) is 14.0 Å². The number of hydrogen-bond acceptors (Lipinski definition) is 5. The zero-order chi connectivity index (χ0) is 17.7. The van der Waals surface area contributed by atoms with E-state index >= 15 is 0 Å². The number of ether oxygens (including phenoxy) is 1. The van der Waals surface area contributed by atoms with Crippen LogP contribution in [-0.2, 0) is 14.8 Å². The molecule has 0 radical (unpaired) electrons. The predicted molar refractivity (Wildman–Crippen MR) is 88.9 cm³/mol. The fraction of sp³-hybridized carbons (Fsp3) is 0.533. The molecule has 3 N–H and O–H groups in total. The summed E-state index contributed by atoms with van der Waals surface area (Å²) in [4.78, 5) is 11.9. The number of carbonyl (C=O) groups is 1. The molecule has 8 heteroatoms. The molecule has 0 bridgehead atoms. The van der Waals surface area contributed by atoms with E-state index in [1.54, 1.807) is 38.1 Å². The van der Waals surface area contributed by atoms with E-state index in [0.717, 1.165) is 0 Å². The number of carbonyl (C=O) groups excluding carboxylic acids is 1. The highest BCUT2D eigenvalue weighted by Gasteiger charge is 2.23. The number of hydrogen-bond donors (Lipinski definition) is 3. The Morgan fingerprint density at radius 3 is 2.61 bits per heavy atom. The minimum atomic E-state index is -3.69. The molecule has 0 saturated carbocycles. The normalized spacial score (nSPS) is 13.3. The van der Waals surface area contributed by atoms with Gasteiger partial charge in [0, 0.05) is 12.6 Å². The first-order valence-electron chi connectivity index (χ1n) is 7.17. The molecule has 1 unspecified atom stereocenters. The molecular formula is C15H24N2O5S. The number of methoxy groups -OCH3 is 1. The van der Waals surface area contributed by atoms with Crippen molar-refractivity contribution in [2.75, 3.05) is 24.1 Å². The summed E-state index contributed by atoms with van der Waals surface area (Å²) in [6, 6.07) is 6.51. The standard InChI is InChI=1S/C15H24N2O5S/c1-11(14(18)16-10-15(2,3)19)9-23(20,21)17-12-6-5-7-13(8-12)22-4/h5-8,11,17,19H,9-10H2,1-4H3,(H,16,18). The molecule has 130 valence electrons. The molecule has 23 heavy (non-hydrogen) atoms. The minimum absolute atomic E-state index is 0.0551. The first-order valence-corrected chi connectivity index (χ1v) is 8.82. The third kappa shape index (κ3) is 7.34. The van der Waals surface area contributed by atoms with Gasteiger partial charge in [-0.3, -0.25) is 9.52 Å². The van der Waals surface area contributed by atoms with Crippen molar-refractivity contribution < 1.29 is 23.1 Å². The molecule has 1 rings (SSSR count).